The maximum atomic E-state index is 12.5. The van der Waals surface area contributed by atoms with Gasteiger partial charge >= 0.3 is 0 Å². The molecule has 1 saturated heterocycles. The van der Waals surface area contributed by atoms with Gasteiger partial charge in [-0.15, -0.1) is 0 Å². The van der Waals surface area contributed by atoms with E-state index in [-0.39, 0.29) is 5.91 Å². The van der Waals surface area contributed by atoms with E-state index in [2.05, 4.69) is 5.10 Å². The van der Waals surface area contributed by atoms with Crippen molar-refractivity contribution in [3.05, 3.63) is 47.8 Å². The molecule has 0 aliphatic carbocycles. The number of rotatable bonds is 2. The highest BCUT2D eigenvalue weighted by molar-refractivity contribution is 5.95. The van der Waals surface area contributed by atoms with Crippen molar-refractivity contribution in [3.8, 4) is 5.69 Å². The number of morpholine rings is 1. The van der Waals surface area contributed by atoms with Gasteiger partial charge in [-0.1, -0.05) is 18.2 Å². The van der Waals surface area contributed by atoms with Gasteiger partial charge in [-0.05, 0) is 19.1 Å². The summed E-state index contributed by atoms with van der Waals surface area (Å²) < 4.78 is 7.08. The van der Waals surface area contributed by atoms with Gasteiger partial charge in [0.25, 0.3) is 5.91 Å². The first-order chi connectivity index (χ1) is 9.77. The van der Waals surface area contributed by atoms with Crippen LogP contribution in [0.1, 0.15) is 16.1 Å². The van der Waals surface area contributed by atoms with Crippen LogP contribution in [0.15, 0.2) is 36.5 Å². The van der Waals surface area contributed by atoms with Crippen LogP contribution in [0.3, 0.4) is 0 Å². The van der Waals surface area contributed by atoms with Crippen molar-refractivity contribution in [3.63, 3.8) is 0 Å². The molecule has 1 aromatic carbocycles. The Bertz CT molecular complexity index is 601. The van der Waals surface area contributed by atoms with Crippen molar-refractivity contribution in [1.82, 2.24) is 14.7 Å². The van der Waals surface area contributed by atoms with E-state index in [0.29, 0.717) is 31.9 Å². The van der Waals surface area contributed by atoms with E-state index in [1.165, 1.54) is 0 Å². The Hall–Kier alpha value is -2.14. The van der Waals surface area contributed by atoms with E-state index < -0.39 is 0 Å². The molecule has 0 bridgehead atoms. The average molecular weight is 271 g/mol. The summed E-state index contributed by atoms with van der Waals surface area (Å²) in [6.07, 6.45) is 1.65. The zero-order chi connectivity index (χ0) is 13.9. The van der Waals surface area contributed by atoms with E-state index in [9.17, 15) is 4.79 Å². The molecule has 5 nitrogen and oxygen atoms in total. The van der Waals surface area contributed by atoms with E-state index in [1.807, 2.05) is 42.2 Å². The molecule has 2 aromatic rings. The van der Waals surface area contributed by atoms with Gasteiger partial charge in [0.15, 0.2) is 0 Å². The molecule has 0 atom stereocenters. The van der Waals surface area contributed by atoms with Crippen LogP contribution in [0.5, 0.6) is 0 Å². The number of ether oxygens (including phenoxy) is 1. The lowest BCUT2D eigenvalue weighted by molar-refractivity contribution is 0.0302. The fraction of sp³-hybridized carbons (Fsp3) is 0.333. The smallest absolute Gasteiger partial charge is 0.257 e. The Morgan fingerprint density at radius 1 is 1.20 bits per heavy atom. The lowest BCUT2D eigenvalue weighted by Crippen LogP contribution is -2.40. The first kappa shape index (κ1) is 12.9. The van der Waals surface area contributed by atoms with Crippen molar-refractivity contribution < 1.29 is 9.53 Å². The van der Waals surface area contributed by atoms with Crippen molar-refractivity contribution in [2.24, 2.45) is 0 Å². The molecule has 0 unspecified atom stereocenters. The molecule has 5 heteroatoms. The Balaban J connectivity index is 1.88. The largest absolute Gasteiger partial charge is 0.378 e. The van der Waals surface area contributed by atoms with Gasteiger partial charge in [0, 0.05) is 13.1 Å². The van der Waals surface area contributed by atoms with Gasteiger partial charge in [-0.3, -0.25) is 4.79 Å². The number of nitrogens with zero attached hydrogens (tertiary/aromatic N) is 3. The minimum Gasteiger partial charge on any atom is -0.378 e. The number of benzene rings is 1. The van der Waals surface area contributed by atoms with E-state index in [0.717, 1.165) is 11.4 Å². The second-order valence-corrected chi connectivity index (χ2v) is 4.80. The van der Waals surface area contributed by atoms with Crippen LogP contribution in [-0.2, 0) is 4.74 Å². The Labute approximate surface area is 117 Å². The third kappa shape index (κ3) is 2.32. The molecule has 1 amide bonds. The molecule has 1 aliphatic heterocycles. The maximum absolute atomic E-state index is 12.5. The number of para-hydroxylation sites is 1. The minimum absolute atomic E-state index is 0.0352. The zero-order valence-corrected chi connectivity index (χ0v) is 11.5. The number of carbonyl (C=O) groups excluding carboxylic acids is 1. The molecule has 1 aliphatic rings. The van der Waals surface area contributed by atoms with Gasteiger partial charge < -0.3 is 9.64 Å². The van der Waals surface area contributed by atoms with Gasteiger partial charge in [-0.2, -0.15) is 5.10 Å². The van der Waals surface area contributed by atoms with E-state index >= 15 is 0 Å². The highest BCUT2D eigenvalue weighted by Crippen LogP contribution is 2.16. The van der Waals surface area contributed by atoms with Crippen LogP contribution in [0.25, 0.3) is 5.69 Å². The van der Waals surface area contributed by atoms with E-state index in [1.54, 1.807) is 10.9 Å². The quantitative estimate of drug-likeness (QED) is 0.834. The van der Waals surface area contributed by atoms with Crippen LogP contribution in [0.4, 0.5) is 0 Å². The van der Waals surface area contributed by atoms with Crippen LogP contribution < -0.4 is 0 Å². The Morgan fingerprint density at radius 3 is 2.60 bits per heavy atom. The number of hydrogen-bond donors (Lipinski definition) is 0. The van der Waals surface area contributed by atoms with Crippen LogP contribution in [0.2, 0.25) is 0 Å². The molecule has 20 heavy (non-hydrogen) atoms. The van der Waals surface area contributed by atoms with Crippen LogP contribution >= 0.6 is 0 Å². The Kier molecular flexibility index (Phi) is 3.52. The SMILES string of the molecule is Cc1c(C(=O)N2CCOCC2)cnn1-c1ccccc1. The minimum atomic E-state index is 0.0352. The molecule has 2 heterocycles. The summed E-state index contributed by atoms with van der Waals surface area (Å²) in [7, 11) is 0. The molecule has 0 saturated carbocycles. The molecular formula is C15H17N3O2. The first-order valence-electron chi connectivity index (χ1n) is 6.74. The molecule has 1 fully saturated rings. The van der Waals surface area contributed by atoms with Gasteiger partial charge in [0.2, 0.25) is 0 Å². The third-order valence-corrected chi connectivity index (χ3v) is 3.54. The zero-order valence-electron chi connectivity index (χ0n) is 11.5. The number of carbonyl (C=O) groups is 1. The van der Waals surface area contributed by atoms with Crippen molar-refractivity contribution >= 4 is 5.91 Å². The van der Waals surface area contributed by atoms with Gasteiger partial charge in [0.1, 0.15) is 0 Å². The fourth-order valence-corrected chi connectivity index (χ4v) is 2.39. The number of aromatic nitrogens is 2. The average Bonchev–Trinajstić information content (AvgIpc) is 2.90. The molecule has 1 aromatic heterocycles. The van der Waals surface area contributed by atoms with Crippen molar-refractivity contribution in [2.75, 3.05) is 26.3 Å². The molecule has 0 N–H and O–H groups in total. The Morgan fingerprint density at radius 2 is 1.90 bits per heavy atom. The molecule has 0 spiro atoms. The summed E-state index contributed by atoms with van der Waals surface area (Å²) in [6.45, 7) is 4.44. The lowest BCUT2D eigenvalue weighted by Gasteiger charge is -2.26. The maximum Gasteiger partial charge on any atom is 0.257 e. The van der Waals surface area contributed by atoms with Gasteiger partial charge in [0.05, 0.1) is 36.4 Å². The molecule has 104 valence electrons. The fourth-order valence-electron chi connectivity index (χ4n) is 2.39. The summed E-state index contributed by atoms with van der Waals surface area (Å²) in [5.74, 6) is 0.0352. The molecule has 0 radical (unpaired) electrons. The first-order valence-corrected chi connectivity index (χ1v) is 6.74. The summed E-state index contributed by atoms with van der Waals surface area (Å²) in [5.41, 5.74) is 2.49. The predicted octanol–water partition coefficient (Wildman–Crippen LogP) is 1.65. The van der Waals surface area contributed by atoms with E-state index in [4.69, 9.17) is 4.74 Å². The lowest BCUT2D eigenvalue weighted by atomic mass is 10.2. The highest BCUT2D eigenvalue weighted by atomic mass is 16.5. The van der Waals surface area contributed by atoms with Gasteiger partial charge in [-0.25, -0.2) is 4.68 Å². The topological polar surface area (TPSA) is 47.4 Å². The second-order valence-electron chi connectivity index (χ2n) is 4.80. The summed E-state index contributed by atoms with van der Waals surface area (Å²) in [4.78, 5) is 14.3. The summed E-state index contributed by atoms with van der Waals surface area (Å²) >= 11 is 0. The van der Waals surface area contributed by atoms with Crippen molar-refractivity contribution in [1.29, 1.82) is 0 Å². The monoisotopic (exact) mass is 271 g/mol. The summed E-state index contributed by atoms with van der Waals surface area (Å²) in [6, 6.07) is 9.83. The van der Waals surface area contributed by atoms with Crippen molar-refractivity contribution in [2.45, 2.75) is 6.92 Å². The number of amides is 1. The normalized spacial score (nSPS) is 15.3. The second kappa shape index (κ2) is 5.46. The third-order valence-electron chi connectivity index (χ3n) is 3.54. The summed E-state index contributed by atoms with van der Waals surface area (Å²) in [5, 5.41) is 4.34. The number of hydrogen-bond acceptors (Lipinski definition) is 3. The van der Waals surface area contributed by atoms with Crippen LogP contribution in [-0.4, -0.2) is 46.9 Å². The molecule has 3 rings (SSSR count). The molecular weight excluding hydrogens is 254 g/mol. The predicted molar refractivity (Wildman–Crippen MR) is 75.0 cm³/mol. The standard InChI is InChI=1S/C15H17N3O2/c1-12-14(15(19)17-7-9-20-10-8-17)11-16-18(12)13-5-3-2-4-6-13/h2-6,11H,7-10H2,1H3. The van der Waals surface area contributed by atoms with Crippen LogP contribution in [0, 0.1) is 6.92 Å². The highest BCUT2D eigenvalue weighted by Gasteiger charge is 2.22.